The van der Waals surface area contributed by atoms with Gasteiger partial charge in [-0.1, -0.05) is 41.1 Å². The standard InChI is InChI=1S/C18H22ClN5O3S3/c19-14-7-6-13(30(26,27)24-8-2-1-3-9-24)10-15(14)21-16(25)11-28-18-23-22-17(29-18)20-12-4-5-12/h6-7,10,12H,1-5,8-9,11H2,(H,20,22)(H,21,25). The maximum absolute atomic E-state index is 12.9. The molecule has 2 aliphatic rings. The summed E-state index contributed by atoms with van der Waals surface area (Å²) in [5, 5.41) is 15.2. The van der Waals surface area contributed by atoms with E-state index in [9.17, 15) is 13.2 Å². The number of rotatable bonds is 8. The van der Waals surface area contributed by atoms with Gasteiger partial charge < -0.3 is 10.6 Å². The maximum atomic E-state index is 12.9. The molecule has 30 heavy (non-hydrogen) atoms. The number of hydrogen-bond donors (Lipinski definition) is 2. The minimum absolute atomic E-state index is 0.123. The van der Waals surface area contributed by atoms with Crippen LogP contribution in [-0.4, -0.2) is 53.7 Å². The first kappa shape index (κ1) is 21.8. The molecule has 12 heteroatoms. The average Bonchev–Trinajstić information content (AvgIpc) is 3.44. The molecule has 2 heterocycles. The van der Waals surface area contributed by atoms with Crippen LogP contribution in [0, 0.1) is 0 Å². The molecule has 0 radical (unpaired) electrons. The number of benzene rings is 1. The highest BCUT2D eigenvalue weighted by atomic mass is 35.5. The van der Waals surface area contributed by atoms with E-state index in [0.717, 1.165) is 37.2 Å². The zero-order chi connectivity index (χ0) is 21.1. The fourth-order valence-corrected chi connectivity index (χ4v) is 6.39. The van der Waals surface area contributed by atoms with E-state index in [1.165, 1.54) is 45.6 Å². The van der Waals surface area contributed by atoms with E-state index >= 15 is 0 Å². The Balaban J connectivity index is 1.37. The third-order valence-corrected chi connectivity index (χ3v) is 9.01. The third kappa shape index (κ3) is 5.44. The number of amides is 1. The van der Waals surface area contributed by atoms with Crippen molar-refractivity contribution in [2.24, 2.45) is 0 Å². The molecular weight excluding hydrogens is 466 g/mol. The Morgan fingerprint density at radius 3 is 2.73 bits per heavy atom. The number of aromatic nitrogens is 2. The highest BCUT2D eigenvalue weighted by molar-refractivity contribution is 8.01. The highest BCUT2D eigenvalue weighted by Crippen LogP contribution is 2.31. The second-order valence-electron chi connectivity index (χ2n) is 7.23. The van der Waals surface area contributed by atoms with Gasteiger partial charge in [-0.25, -0.2) is 8.42 Å². The highest BCUT2D eigenvalue weighted by Gasteiger charge is 2.27. The number of nitrogens with zero attached hydrogens (tertiary/aromatic N) is 3. The largest absolute Gasteiger partial charge is 0.357 e. The summed E-state index contributed by atoms with van der Waals surface area (Å²) < 4.78 is 27.9. The average molecular weight is 488 g/mol. The number of piperidine rings is 1. The van der Waals surface area contributed by atoms with Gasteiger partial charge in [0.2, 0.25) is 21.1 Å². The summed E-state index contributed by atoms with van der Waals surface area (Å²) in [6.45, 7) is 1.03. The number of thioether (sulfide) groups is 1. The van der Waals surface area contributed by atoms with Crippen LogP contribution in [0.5, 0.6) is 0 Å². The van der Waals surface area contributed by atoms with Crippen LogP contribution in [0.1, 0.15) is 32.1 Å². The molecule has 1 amide bonds. The quantitative estimate of drug-likeness (QED) is 0.547. The summed E-state index contributed by atoms with van der Waals surface area (Å²) in [7, 11) is -3.60. The number of hydrogen-bond acceptors (Lipinski definition) is 8. The van der Waals surface area contributed by atoms with Gasteiger partial charge in [0, 0.05) is 19.1 Å². The Kier molecular flexibility index (Phi) is 6.83. The number of carbonyl (C=O) groups is 1. The molecule has 0 unspecified atom stereocenters. The van der Waals surface area contributed by atoms with Crippen molar-refractivity contribution in [2.75, 3.05) is 29.5 Å². The molecule has 1 aromatic carbocycles. The molecule has 2 fully saturated rings. The fourth-order valence-electron chi connectivity index (χ4n) is 3.06. The fraction of sp³-hybridized carbons (Fsp3) is 0.500. The van der Waals surface area contributed by atoms with Crippen molar-refractivity contribution in [3.8, 4) is 0 Å². The molecule has 0 bridgehead atoms. The molecule has 1 saturated heterocycles. The third-order valence-electron chi connectivity index (χ3n) is 4.80. The first-order chi connectivity index (χ1) is 14.4. The Hall–Kier alpha value is -1.40. The van der Waals surface area contributed by atoms with Crippen LogP contribution in [0.25, 0.3) is 0 Å². The van der Waals surface area contributed by atoms with Gasteiger partial charge in [0.15, 0.2) is 4.34 Å². The minimum atomic E-state index is -3.60. The minimum Gasteiger partial charge on any atom is -0.357 e. The summed E-state index contributed by atoms with van der Waals surface area (Å²) >= 11 is 8.88. The van der Waals surface area contributed by atoms with Gasteiger partial charge in [0.05, 0.1) is 21.4 Å². The van der Waals surface area contributed by atoms with Crippen LogP contribution < -0.4 is 10.6 Å². The van der Waals surface area contributed by atoms with Crippen LogP contribution in [0.3, 0.4) is 0 Å². The monoisotopic (exact) mass is 487 g/mol. The van der Waals surface area contributed by atoms with E-state index in [4.69, 9.17) is 11.6 Å². The van der Waals surface area contributed by atoms with Crippen molar-refractivity contribution >= 4 is 61.4 Å². The molecule has 8 nitrogen and oxygen atoms in total. The second-order valence-corrected chi connectivity index (χ2v) is 11.8. The van der Waals surface area contributed by atoms with Crippen molar-refractivity contribution in [1.29, 1.82) is 0 Å². The van der Waals surface area contributed by atoms with E-state index in [1.54, 1.807) is 0 Å². The van der Waals surface area contributed by atoms with E-state index in [1.807, 2.05) is 0 Å². The van der Waals surface area contributed by atoms with Crippen molar-refractivity contribution in [1.82, 2.24) is 14.5 Å². The predicted molar refractivity (Wildman–Crippen MR) is 120 cm³/mol. The molecule has 162 valence electrons. The van der Waals surface area contributed by atoms with Crippen LogP contribution in [0.4, 0.5) is 10.8 Å². The number of carbonyl (C=O) groups excluding carboxylic acids is 1. The van der Waals surface area contributed by atoms with E-state index in [2.05, 4.69) is 20.8 Å². The van der Waals surface area contributed by atoms with Crippen molar-refractivity contribution in [2.45, 2.75) is 47.4 Å². The number of nitrogens with one attached hydrogen (secondary N) is 2. The van der Waals surface area contributed by atoms with Gasteiger partial charge in [-0.3, -0.25) is 4.79 Å². The predicted octanol–water partition coefficient (Wildman–Crippen LogP) is 3.67. The molecule has 2 N–H and O–H groups in total. The first-order valence-electron chi connectivity index (χ1n) is 9.74. The summed E-state index contributed by atoms with van der Waals surface area (Å²) in [4.78, 5) is 12.5. The van der Waals surface area contributed by atoms with Gasteiger partial charge in [-0.05, 0) is 43.9 Å². The molecule has 2 aromatic rings. The van der Waals surface area contributed by atoms with E-state index in [-0.39, 0.29) is 27.3 Å². The molecule has 0 spiro atoms. The van der Waals surface area contributed by atoms with Gasteiger partial charge in [-0.15, -0.1) is 10.2 Å². The Bertz CT molecular complexity index is 1020. The molecule has 1 aromatic heterocycles. The number of sulfonamides is 1. The Morgan fingerprint density at radius 1 is 1.23 bits per heavy atom. The second kappa shape index (κ2) is 9.39. The molecule has 1 aliphatic carbocycles. The van der Waals surface area contributed by atoms with Gasteiger partial charge in [0.1, 0.15) is 0 Å². The van der Waals surface area contributed by atoms with Crippen LogP contribution in [-0.2, 0) is 14.8 Å². The van der Waals surface area contributed by atoms with E-state index in [0.29, 0.717) is 23.5 Å². The zero-order valence-corrected chi connectivity index (χ0v) is 19.3. The molecular formula is C18H22ClN5O3S3. The van der Waals surface area contributed by atoms with Crippen molar-refractivity contribution < 1.29 is 13.2 Å². The van der Waals surface area contributed by atoms with Crippen molar-refractivity contribution in [3.05, 3.63) is 23.2 Å². The number of anilines is 2. The Labute approximate surface area is 188 Å². The number of halogens is 1. The lowest BCUT2D eigenvalue weighted by Gasteiger charge is -2.26. The molecule has 0 atom stereocenters. The molecule has 1 aliphatic heterocycles. The first-order valence-corrected chi connectivity index (χ1v) is 13.4. The zero-order valence-electron chi connectivity index (χ0n) is 16.1. The summed E-state index contributed by atoms with van der Waals surface area (Å²) in [5.74, 6) is -0.168. The SMILES string of the molecule is O=C(CSc1nnc(NC2CC2)s1)Nc1cc(S(=O)(=O)N2CCCCC2)ccc1Cl. The normalized spacial score (nSPS) is 17.6. The van der Waals surface area contributed by atoms with Crippen LogP contribution >= 0.6 is 34.7 Å². The van der Waals surface area contributed by atoms with Crippen LogP contribution in [0.15, 0.2) is 27.4 Å². The lowest BCUT2D eigenvalue weighted by molar-refractivity contribution is -0.113. The molecule has 1 saturated carbocycles. The summed E-state index contributed by atoms with van der Waals surface area (Å²) in [6.07, 6.45) is 5.06. The lowest BCUT2D eigenvalue weighted by Crippen LogP contribution is -2.35. The summed E-state index contributed by atoms with van der Waals surface area (Å²) in [6, 6.07) is 4.90. The van der Waals surface area contributed by atoms with Gasteiger partial charge in [0.25, 0.3) is 0 Å². The van der Waals surface area contributed by atoms with E-state index < -0.39 is 10.0 Å². The lowest BCUT2D eigenvalue weighted by atomic mass is 10.2. The molecule has 4 rings (SSSR count). The van der Waals surface area contributed by atoms with Gasteiger partial charge >= 0.3 is 0 Å². The maximum Gasteiger partial charge on any atom is 0.243 e. The topological polar surface area (TPSA) is 104 Å². The van der Waals surface area contributed by atoms with Gasteiger partial charge in [-0.2, -0.15) is 4.31 Å². The summed E-state index contributed by atoms with van der Waals surface area (Å²) in [5.41, 5.74) is 0.286. The van der Waals surface area contributed by atoms with Crippen LogP contribution in [0.2, 0.25) is 5.02 Å². The Morgan fingerprint density at radius 2 is 2.00 bits per heavy atom. The smallest absolute Gasteiger partial charge is 0.243 e. The van der Waals surface area contributed by atoms with Crippen molar-refractivity contribution in [3.63, 3.8) is 0 Å².